The SMILES string of the molecule is C=CCn1c(SC[C@@H](O)COc2ccccc2)nc2ccc(Cl)cc2c1=O. The molecule has 0 fully saturated rings. The van der Waals surface area contributed by atoms with Crippen LogP contribution in [0, 0.1) is 0 Å². The molecule has 0 amide bonds. The lowest BCUT2D eigenvalue weighted by Crippen LogP contribution is -2.25. The molecule has 27 heavy (non-hydrogen) atoms. The first-order valence-corrected chi connectivity index (χ1v) is 9.74. The summed E-state index contributed by atoms with van der Waals surface area (Å²) in [7, 11) is 0. The van der Waals surface area contributed by atoms with E-state index in [0.29, 0.717) is 39.1 Å². The topological polar surface area (TPSA) is 64.3 Å². The van der Waals surface area contributed by atoms with Crippen molar-refractivity contribution in [2.45, 2.75) is 17.8 Å². The minimum Gasteiger partial charge on any atom is -0.491 e. The van der Waals surface area contributed by atoms with Crippen LogP contribution in [-0.4, -0.2) is 33.1 Å². The molecule has 0 radical (unpaired) electrons. The molecule has 140 valence electrons. The molecule has 0 aliphatic carbocycles. The van der Waals surface area contributed by atoms with Crippen molar-refractivity contribution in [2.24, 2.45) is 0 Å². The number of aromatic nitrogens is 2. The highest BCUT2D eigenvalue weighted by molar-refractivity contribution is 7.99. The number of allylic oxidation sites excluding steroid dienone is 1. The second-order valence-corrected chi connectivity index (χ2v) is 7.27. The highest BCUT2D eigenvalue weighted by Crippen LogP contribution is 2.21. The van der Waals surface area contributed by atoms with Gasteiger partial charge in [0, 0.05) is 17.3 Å². The molecule has 1 atom stereocenters. The molecule has 0 saturated heterocycles. The molecule has 0 saturated carbocycles. The largest absolute Gasteiger partial charge is 0.491 e. The zero-order valence-corrected chi connectivity index (χ0v) is 16.1. The number of hydrogen-bond donors (Lipinski definition) is 1. The summed E-state index contributed by atoms with van der Waals surface area (Å²) in [6.07, 6.45) is 0.934. The smallest absolute Gasteiger partial charge is 0.262 e. The van der Waals surface area contributed by atoms with Crippen molar-refractivity contribution in [3.8, 4) is 5.75 Å². The van der Waals surface area contributed by atoms with E-state index in [1.165, 1.54) is 16.3 Å². The summed E-state index contributed by atoms with van der Waals surface area (Å²) in [5.74, 6) is 1.04. The minimum atomic E-state index is -0.704. The summed E-state index contributed by atoms with van der Waals surface area (Å²) in [5, 5.41) is 11.7. The molecule has 3 rings (SSSR count). The second kappa shape index (κ2) is 9.08. The molecule has 0 aliphatic rings. The van der Waals surface area contributed by atoms with Crippen LogP contribution < -0.4 is 10.3 Å². The third-order valence-corrected chi connectivity index (χ3v) is 5.14. The van der Waals surface area contributed by atoms with Gasteiger partial charge in [0.2, 0.25) is 0 Å². The summed E-state index contributed by atoms with van der Waals surface area (Å²) < 4.78 is 7.09. The molecule has 1 heterocycles. The van der Waals surface area contributed by atoms with Gasteiger partial charge in [-0.2, -0.15) is 0 Å². The van der Waals surface area contributed by atoms with Crippen molar-refractivity contribution >= 4 is 34.3 Å². The van der Waals surface area contributed by atoms with Crippen molar-refractivity contribution < 1.29 is 9.84 Å². The maximum absolute atomic E-state index is 12.8. The zero-order chi connectivity index (χ0) is 19.2. The van der Waals surface area contributed by atoms with E-state index in [9.17, 15) is 9.90 Å². The molecule has 0 bridgehead atoms. The molecule has 0 spiro atoms. The lowest BCUT2D eigenvalue weighted by molar-refractivity contribution is 0.126. The van der Waals surface area contributed by atoms with E-state index in [-0.39, 0.29) is 12.2 Å². The zero-order valence-electron chi connectivity index (χ0n) is 14.5. The number of hydrogen-bond acceptors (Lipinski definition) is 5. The van der Waals surface area contributed by atoms with Gasteiger partial charge in [0.25, 0.3) is 5.56 Å². The molecule has 3 aromatic rings. The highest BCUT2D eigenvalue weighted by Gasteiger charge is 2.14. The van der Waals surface area contributed by atoms with E-state index in [2.05, 4.69) is 11.6 Å². The maximum atomic E-state index is 12.8. The Morgan fingerprint density at radius 3 is 2.81 bits per heavy atom. The normalized spacial score (nSPS) is 12.1. The average molecular weight is 403 g/mol. The first-order chi connectivity index (χ1) is 13.1. The van der Waals surface area contributed by atoms with Crippen LogP contribution in [0.2, 0.25) is 5.02 Å². The fourth-order valence-corrected chi connectivity index (χ4v) is 3.59. The Hall–Kier alpha value is -2.28. The van der Waals surface area contributed by atoms with Gasteiger partial charge in [-0.1, -0.05) is 47.6 Å². The van der Waals surface area contributed by atoms with Crippen molar-refractivity contribution in [1.82, 2.24) is 9.55 Å². The Kier molecular flexibility index (Phi) is 6.55. The van der Waals surface area contributed by atoms with Crippen LogP contribution in [0.1, 0.15) is 0 Å². The Balaban J connectivity index is 1.75. The molecule has 2 aromatic carbocycles. The average Bonchev–Trinajstić information content (AvgIpc) is 2.68. The predicted octanol–water partition coefficient (Wildman–Crippen LogP) is 3.77. The molecule has 0 aliphatic heterocycles. The number of thioether (sulfide) groups is 1. The summed E-state index contributed by atoms with van der Waals surface area (Å²) in [6, 6.07) is 14.3. The number of para-hydroxylation sites is 1. The molecular formula is C20H19ClN2O3S. The summed E-state index contributed by atoms with van der Waals surface area (Å²) in [6.45, 7) is 4.19. The molecule has 7 heteroatoms. The van der Waals surface area contributed by atoms with Gasteiger partial charge >= 0.3 is 0 Å². The molecule has 5 nitrogen and oxygen atoms in total. The number of nitrogens with zero attached hydrogens (tertiary/aromatic N) is 2. The Bertz CT molecular complexity index is 992. The first-order valence-electron chi connectivity index (χ1n) is 8.38. The van der Waals surface area contributed by atoms with Crippen LogP contribution in [-0.2, 0) is 6.54 Å². The van der Waals surface area contributed by atoms with Gasteiger partial charge in [-0.25, -0.2) is 4.98 Å². The van der Waals surface area contributed by atoms with E-state index in [1.54, 1.807) is 24.3 Å². The number of fused-ring (bicyclic) bond motifs is 1. The lowest BCUT2D eigenvalue weighted by atomic mass is 10.2. The Morgan fingerprint density at radius 1 is 1.30 bits per heavy atom. The Morgan fingerprint density at radius 2 is 2.07 bits per heavy atom. The van der Waals surface area contributed by atoms with Crippen LogP contribution in [0.15, 0.2) is 71.1 Å². The number of aliphatic hydroxyl groups is 1. The quantitative estimate of drug-likeness (QED) is 0.353. The van der Waals surface area contributed by atoms with Crippen molar-refractivity contribution in [2.75, 3.05) is 12.4 Å². The van der Waals surface area contributed by atoms with Gasteiger partial charge in [-0.3, -0.25) is 9.36 Å². The third-order valence-electron chi connectivity index (χ3n) is 3.78. The molecule has 1 N–H and O–H groups in total. The maximum Gasteiger partial charge on any atom is 0.262 e. The summed E-state index contributed by atoms with van der Waals surface area (Å²) in [5.41, 5.74) is 0.391. The third kappa shape index (κ3) is 4.91. The molecule has 0 unspecified atom stereocenters. The standard InChI is InChI=1S/C20H19ClN2O3S/c1-2-10-23-19(25)17-11-14(21)8-9-18(17)22-20(23)27-13-15(24)12-26-16-6-4-3-5-7-16/h2-9,11,15,24H,1,10,12-13H2/t15-/m0/s1. The molecule has 1 aromatic heterocycles. The number of rotatable bonds is 8. The fraction of sp³-hybridized carbons (Fsp3) is 0.200. The lowest BCUT2D eigenvalue weighted by Gasteiger charge is -2.14. The van der Waals surface area contributed by atoms with Gasteiger partial charge in [0.05, 0.1) is 17.0 Å². The van der Waals surface area contributed by atoms with Crippen molar-refractivity contribution in [3.05, 3.63) is 76.6 Å². The number of benzene rings is 2. The molecular weight excluding hydrogens is 384 g/mol. The van der Waals surface area contributed by atoms with E-state index < -0.39 is 6.10 Å². The number of aliphatic hydroxyl groups excluding tert-OH is 1. The predicted molar refractivity (Wildman–Crippen MR) is 110 cm³/mol. The first kappa shape index (κ1) is 19.5. The summed E-state index contributed by atoms with van der Waals surface area (Å²) >= 11 is 7.30. The van der Waals surface area contributed by atoms with Crippen LogP contribution in [0.25, 0.3) is 10.9 Å². The van der Waals surface area contributed by atoms with Crippen molar-refractivity contribution in [3.63, 3.8) is 0 Å². The van der Waals surface area contributed by atoms with E-state index in [1.807, 2.05) is 30.3 Å². The van der Waals surface area contributed by atoms with E-state index in [4.69, 9.17) is 16.3 Å². The van der Waals surface area contributed by atoms with E-state index >= 15 is 0 Å². The van der Waals surface area contributed by atoms with Gasteiger partial charge in [0.1, 0.15) is 12.4 Å². The summed E-state index contributed by atoms with van der Waals surface area (Å²) in [4.78, 5) is 17.3. The van der Waals surface area contributed by atoms with Crippen LogP contribution in [0.3, 0.4) is 0 Å². The monoisotopic (exact) mass is 402 g/mol. The fourth-order valence-electron chi connectivity index (χ4n) is 2.50. The van der Waals surface area contributed by atoms with Crippen LogP contribution >= 0.6 is 23.4 Å². The van der Waals surface area contributed by atoms with Crippen LogP contribution in [0.5, 0.6) is 5.75 Å². The van der Waals surface area contributed by atoms with Gasteiger partial charge in [0.15, 0.2) is 5.16 Å². The van der Waals surface area contributed by atoms with Gasteiger partial charge in [-0.15, -0.1) is 6.58 Å². The van der Waals surface area contributed by atoms with Gasteiger partial charge < -0.3 is 9.84 Å². The highest BCUT2D eigenvalue weighted by atomic mass is 35.5. The second-order valence-electron chi connectivity index (χ2n) is 5.85. The minimum absolute atomic E-state index is 0.159. The van der Waals surface area contributed by atoms with Crippen molar-refractivity contribution in [1.29, 1.82) is 0 Å². The number of halogens is 1. The van der Waals surface area contributed by atoms with E-state index in [0.717, 1.165) is 0 Å². The van der Waals surface area contributed by atoms with Crippen LogP contribution in [0.4, 0.5) is 0 Å². The van der Waals surface area contributed by atoms with Gasteiger partial charge in [-0.05, 0) is 30.3 Å². The Labute approximate surface area is 166 Å². The number of ether oxygens (including phenoxy) is 1.